The van der Waals surface area contributed by atoms with Crippen LogP contribution in [0.5, 0.6) is 0 Å². The van der Waals surface area contributed by atoms with Crippen LogP contribution >= 0.6 is 11.6 Å². The van der Waals surface area contributed by atoms with Gasteiger partial charge in [-0.1, -0.05) is 36.7 Å². The fraction of sp³-hybridized carbons (Fsp3) is 0.357. The van der Waals surface area contributed by atoms with E-state index in [2.05, 4.69) is 0 Å². The maximum absolute atomic E-state index is 11.0. The molecule has 0 saturated carbocycles. The van der Waals surface area contributed by atoms with Crippen LogP contribution in [0.1, 0.15) is 25.3 Å². The number of rotatable bonds is 2. The van der Waals surface area contributed by atoms with Gasteiger partial charge in [0.25, 0.3) is 0 Å². The Labute approximate surface area is 106 Å². The summed E-state index contributed by atoms with van der Waals surface area (Å²) < 4.78 is 0. The molecule has 0 bridgehead atoms. The Balaban J connectivity index is 2.22. The van der Waals surface area contributed by atoms with Crippen molar-refractivity contribution in [1.82, 2.24) is 0 Å². The average Bonchev–Trinajstić information content (AvgIpc) is 2.28. The molecular formula is C14H15ClO2. The molecule has 0 saturated heterocycles. The molecule has 1 N–H and O–H groups in total. The van der Waals surface area contributed by atoms with Gasteiger partial charge in [0.05, 0.1) is 5.92 Å². The molecular weight excluding hydrogens is 236 g/mol. The third kappa shape index (κ3) is 2.70. The number of aliphatic carboxylic acids is 1. The summed E-state index contributed by atoms with van der Waals surface area (Å²) >= 11 is 5.96. The zero-order valence-corrected chi connectivity index (χ0v) is 10.4. The zero-order chi connectivity index (χ0) is 12.4. The molecule has 0 aromatic heterocycles. The molecule has 1 aromatic rings. The van der Waals surface area contributed by atoms with E-state index in [1.807, 2.05) is 37.3 Å². The van der Waals surface area contributed by atoms with Gasteiger partial charge < -0.3 is 5.11 Å². The number of hydrogen-bond acceptors (Lipinski definition) is 1. The minimum atomic E-state index is -0.695. The number of carbonyl (C=O) groups is 1. The minimum absolute atomic E-state index is 0.173. The molecule has 0 unspecified atom stereocenters. The normalized spacial score (nSPS) is 24.2. The molecule has 17 heavy (non-hydrogen) atoms. The van der Waals surface area contributed by atoms with E-state index < -0.39 is 5.97 Å². The van der Waals surface area contributed by atoms with Crippen molar-refractivity contribution >= 4 is 23.1 Å². The Morgan fingerprint density at radius 2 is 2.24 bits per heavy atom. The fourth-order valence-corrected chi connectivity index (χ4v) is 2.53. The van der Waals surface area contributed by atoms with E-state index in [1.54, 1.807) is 0 Å². The van der Waals surface area contributed by atoms with Crippen LogP contribution in [0.3, 0.4) is 0 Å². The highest BCUT2D eigenvalue weighted by atomic mass is 35.5. The van der Waals surface area contributed by atoms with E-state index in [0.29, 0.717) is 6.42 Å². The van der Waals surface area contributed by atoms with Crippen LogP contribution < -0.4 is 0 Å². The number of allylic oxidation sites excluding steroid dienone is 2. The topological polar surface area (TPSA) is 37.3 Å². The van der Waals surface area contributed by atoms with Crippen molar-refractivity contribution in [1.29, 1.82) is 0 Å². The van der Waals surface area contributed by atoms with Crippen molar-refractivity contribution in [2.45, 2.75) is 19.8 Å². The Morgan fingerprint density at radius 3 is 2.82 bits per heavy atom. The van der Waals surface area contributed by atoms with Crippen molar-refractivity contribution in [3.8, 4) is 0 Å². The number of carboxylic acids is 1. The van der Waals surface area contributed by atoms with Gasteiger partial charge in [-0.05, 0) is 42.0 Å². The maximum atomic E-state index is 11.0. The summed E-state index contributed by atoms with van der Waals surface area (Å²) in [5.74, 6) is -0.775. The van der Waals surface area contributed by atoms with Gasteiger partial charge in [0.1, 0.15) is 0 Å². The first kappa shape index (κ1) is 12.2. The Hall–Kier alpha value is -1.28. The first-order chi connectivity index (χ1) is 8.08. The van der Waals surface area contributed by atoms with Crippen LogP contribution in [-0.4, -0.2) is 11.1 Å². The highest BCUT2D eigenvalue weighted by Gasteiger charge is 2.28. The second kappa shape index (κ2) is 4.92. The summed E-state index contributed by atoms with van der Waals surface area (Å²) in [5, 5.41) is 9.78. The molecule has 0 radical (unpaired) electrons. The summed E-state index contributed by atoms with van der Waals surface area (Å²) in [6, 6.07) is 7.72. The van der Waals surface area contributed by atoms with Crippen LogP contribution in [0.15, 0.2) is 30.3 Å². The quantitative estimate of drug-likeness (QED) is 0.866. The fourth-order valence-electron chi connectivity index (χ4n) is 2.34. The second-order valence-corrected chi connectivity index (χ2v) is 5.04. The van der Waals surface area contributed by atoms with Gasteiger partial charge in [-0.3, -0.25) is 4.79 Å². The average molecular weight is 251 g/mol. The van der Waals surface area contributed by atoms with Crippen LogP contribution in [0, 0.1) is 11.8 Å². The van der Waals surface area contributed by atoms with E-state index in [1.165, 1.54) is 5.57 Å². The summed E-state index contributed by atoms with van der Waals surface area (Å²) in [6.07, 6.45) is 3.44. The molecule has 1 aromatic carbocycles. The summed E-state index contributed by atoms with van der Waals surface area (Å²) in [7, 11) is 0. The predicted octanol–water partition coefficient (Wildman–Crippen LogP) is 3.85. The van der Waals surface area contributed by atoms with E-state index in [4.69, 9.17) is 16.7 Å². The van der Waals surface area contributed by atoms with Crippen molar-refractivity contribution in [2.75, 3.05) is 0 Å². The smallest absolute Gasteiger partial charge is 0.307 e. The highest BCUT2D eigenvalue weighted by Crippen LogP contribution is 2.35. The van der Waals surface area contributed by atoms with Gasteiger partial charge in [0, 0.05) is 5.02 Å². The van der Waals surface area contributed by atoms with E-state index in [0.717, 1.165) is 17.0 Å². The molecule has 0 spiro atoms. The number of carboxylic acid groups (broad SMARTS) is 1. The Morgan fingerprint density at radius 1 is 1.47 bits per heavy atom. The largest absolute Gasteiger partial charge is 0.481 e. The van der Waals surface area contributed by atoms with Crippen molar-refractivity contribution in [2.24, 2.45) is 11.8 Å². The lowest BCUT2D eigenvalue weighted by atomic mass is 9.79. The van der Waals surface area contributed by atoms with Gasteiger partial charge >= 0.3 is 5.97 Å². The predicted molar refractivity (Wildman–Crippen MR) is 69.0 cm³/mol. The van der Waals surface area contributed by atoms with Gasteiger partial charge in [0.15, 0.2) is 0 Å². The van der Waals surface area contributed by atoms with Gasteiger partial charge in [0.2, 0.25) is 0 Å². The lowest BCUT2D eigenvalue weighted by Crippen LogP contribution is -2.24. The van der Waals surface area contributed by atoms with Crippen molar-refractivity contribution < 1.29 is 9.90 Å². The monoisotopic (exact) mass is 250 g/mol. The number of hydrogen-bond donors (Lipinski definition) is 1. The number of benzene rings is 1. The molecule has 0 heterocycles. The molecule has 2 atom stereocenters. The molecule has 3 heteroatoms. The molecule has 90 valence electrons. The summed E-state index contributed by atoms with van der Waals surface area (Å²) in [4.78, 5) is 11.0. The van der Waals surface area contributed by atoms with E-state index in [9.17, 15) is 4.79 Å². The lowest BCUT2D eigenvalue weighted by Gasteiger charge is -2.25. The Kier molecular flexibility index (Phi) is 3.53. The number of halogens is 1. The van der Waals surface area contributed by atoms with Gasteiger partial charge in [-0.25, -0.2) is 0 Å². The lowest BCUT2D eigenvalue weighted by molar-refractivity contribution is -0.143. The molecule has 0 amide bonds. The van der Waals surface area contributed by atoms with Crippen LogP contribution in [0.2, 0.25) is 5.02 Å². The molecule has 1 aliphatic carbocycles. The summed E-state index contributed by atoms with van der Waals surface area (Å²) in [5.41, 5.74) is 2.31. The van der Waals surface area contributed by atoms with Crippen LogP contribution in [-0.2, 0) is 4.79 Å². The molecule has 0 fully saturated rings. The maximum Gasteiger partial charge on any atom is 0.307 e. The standard InChI is InChI=1S/C14H15ClO2/c1-9-7-11(5-6-13(9)14(16)17)10-3-2-4-12(15)8-10/h2-5,8-9,13H,6-7H2,1H3,(H,16,17)/t9-,13+/m0/s1. The SMILES string of the molecule is C[C@H]1CC(c2cccc(Cl)c2)=CC[C@H]1C(=O)O. The van der Waals surface area contributed by atoms with Gasteiger partial charge in [-0.15, -0.1) is 0 Å². The zero-order valence-electron chi connectivity index (χ0n) is 9.69. The van der Waals surface area contributed by atoms with E-state index >= 15 is 0 Å². The molecule has 2 nitrogen and oxygen atoms in total. The third-order valence-electron chi connectivity index (χ3n) is 3.36. The van der Waals surface area contributed by atoms with Crippen molar-refractivity contribution in [3.63, 3.8) is 0 Å². The van der Waals surface area contributed by atoms with Crippen molar-refractivity contribution in [3.05, 3.63) is 40.9 Å². The minimum Gasteiger partial charge on any atom is -0.481 e. The van der Waals surface area contributed by atoms with Crippen LogP contribution in [0.25, 0.3) is 5.57 Å². The molecule has 1 aliphatic rings. The summed E-state index contributed by atoms with van der Waals surface area (Å²) in [6.45, 7) is 2.00. The highest BCUT2D eigenvalue weighted by molar-refractivity contribution is 6.30. The molecule has 0 aliphatic heterocycles. The van der Waals surface area contributed by atoms with E-state index in [-0.39, 0.29) is 11.8 Å². The third-order valence-corrected chi connectivity index (χ3v) is 3.59. The Bertz CT molecular complexity index is 465. The first-order valence-electron chi connectivity index (χ1n) is 5.75. The van der Waals surface area contributed by atoms with Crippen LogP contribution in [0.4, 0.5) is 0 Å². The first-order valence-corrected chi connectivity index (χ1v) is 6.13. The molecule has 2 rings (SSSR count). The van der Waals surface area contributed by atoms with Gasteiger partial charge in [-0.2, -0.15) is 0 Å². The second-order valence-electron chi connectivity index (χ2n) is 4.60.